The van der Waals surface area contributed by atoms with Crippen LogP contribution >= 0.6 is 0 Å². The molecule has 2 aromatic heterocycles. The van der Waals surface area contributed by atoms with Crippen molar-refractivity contribution in [2.24, 2.45) is 5.92 Å². The van der Waals surface area contributed by atoms with Gasteiger partial charge in [0, 0.05) is 12.3 Å². The number of nitrogens with zero attached hydrogens (tertiary/aromatic N) is 3. The number of hydrogen-bond acceptors (Lipinski definition) is 6. The number of ether oxygens (including phenoxy) is 1. The monoisotopic (exact) mass is 339 g/mol. The minimum atomic E-state index is -1.37. The number of amides is 1. The molecule has 0 aromatic carbocycles. The van der Waals surface area contributed by atoms with Gasteiger partial charge in [0.25, 0.3) is 5.56 Å². The summed E-state index contributed by atoms with van der Waals surface area (Å²) in [5.41, 5.74) is -0.435. The first-order chi connectivity index (χ1) is 11.4. The molecule has 1 aliphatic rings. The number of alkyl halides is 1. The van der Waals surface area contributed by atoms with Gasteiger partial charge in [0.05, 0.1) is 19.0 Å². The first-order valence-corrected chi connectivity index (χ1v) is 7.58. The number of anilines is 1. The number of nitrogens with one attached hydrogen (secondary N) is 2. The Balaban J connectivity index is 2.00. The van der Waals surface area contributed by atoms with Crippen LogP contribution in [-0.4, -0.2) is 49.4 Å². The molecule has 10 heteroatoms. The third-order valence-electron chi connectivity index (χ3n) is 3.81. The van der Waals surface area contributed by atoms with Crippen LogP contribution in [0.5, 0.6) is 0 Å². The molecule has 3 atom stereocenters. The third kappa shape index (κ3) is 2.89. The maximum atomic E-state index is 14.2. The van der Waals surface area contributed by atoms with Gasteiger partial charge < -0.3 is 9.84 Å². The van der Waals surface area contributed by atoms with Crippen LogP contribution in [0.3, 0.4) is 0 Å². The van der Waals surface area contributed by atoms with E-state index in [9.17, 15) is 14.0 Å². The first kappa shape index (κ1) is 16.5. The highest BCUT2D eigenvalue weighted by atomic mass is 19.1. The number of fused-ring (bicyclic) bond motifs is 1. The maximum absolute atomic E-state index is 14.2. The molecular formula is C14H18FN5O4. The van der Waals surface area contributed by atoms with E-state index in [4.69, 9.17) is 9.84 Å². The van der Waals surface area contributed by atoms with Crippen LogP contribution in [0.2, 0.25) is 0 Å². The number of halogens is 1. The van der Waals surface area contributed by atoms with Crippen LogP contribution in [0, 0.1) is 5.92 Å². The van der Waals surface area contributed by atoms with Gasteiger partial charge in [0.15, 0.2) is 17.4 Å². The van der Waals surface area contributed by atoms with E-state index in [-0.39, 0.29) is 42.0 Å². The summed E-state index contributed by atoms with van der Waals surface area (Å²) < 4.78 is 20.9. The fourth-order valence-electron chi connectivity index (χ4n) is 2.50. The van der Waals surface area contributed by atoms with Crippen molar-refractivity contribution in [1.82, 2.24) is 19.5 Å². The molecule has 0 saturated carbocycles. The third-order valence-corrected chi connectivity index (χ3v) is 3.81. The predicted octanol–water partition coefficient (Wildman–Crippen LogP) is 0.332. The number of aromatic amines is 1. The Bertz CT molecular complexity index is 817. The van der Waals surface area contributed by atoms with Crippen molar-refractivity contribution in [2.75, 3.05) is 11.9 Å². The first-order valence-electron chi connectivity index (χ1n) is 7.58. The molecule has 2 aromatic rings. The minimum absolute atomic E-state index is 0.0146. The second-order valence-corrected chi connectivity index (χ2v) is 5.97. The van der Waals surface area contributed by atoms with Crippen molar-refractivity contribution in [1.29, 1.82) is 0 Å². The zero-order valence-electron chi connectivity index (χ0n) is 13.2. The van der Waals surface area contributed by atoms with Gasteiger partial charge in [-0.2, -0.15) is 4.98 Å². The van der Waals surface area contributed by atoms with Crippen molar-refractivity contribution >= 4 is 23.0 Å². The fourth-order valence-corrected chi connectivity index (χ4v) is 2.50. The average Bonchev–Trinajstić information content (AvgIpc) is 3.10. The Morgan fingerprint density at radius 1 is 1.62 bits per heavy atom. The summed E-state index contributed by atoms with van der Waals surface area (Å²) in [6.45, 7) is 3.10. The van der Waals surface area contributed by atoms with Crippen molar-refractivity contribution in [3.8, 4) is 0 Å². The van der Waals surface area contributed by atoms with E-state index in [0.717, 1.165) is 0 Å². The van der Waals surface area contributed by atoms with Crippen LogP contribution in [0.15, 0.2) is 11.1 Å². The van der Waals surface area contributed by atoms with Crippen LogP contribution in [0.1, 0.15) is 26.5 Å². The molecule has 1 aliphatic heterocycles. The molecule has 130 valence electrons. The normalized spacial score (nSPS) is 24.0. The summed E-state index contributed by atoms with van der Waals surface area (Å²) in [6, 6.07) is 0. The SMILES string of the molecule is CC(C)C(=O)Nc1nc2c(ncn2C2O[C@H](CO)C[C@@H]2F)c(=O)[nH]1. The van der Waals surface area contributed by atoms with Gasteiger partial charge in [-0.05, 0) is 0 Å². The molecular weight excluding hydrogens is 321 g/mol. The van der Waals surface area contributed by atoms with Crippen molar-refractivity contribution in [3.05, 3.63) is 16.7 Å². The van der Waals surface area contributed by atoms with E-state index in [1.54, 1.807) is 13.8 Å². The van der Waals surface area contributed by atoms with Crippen LogP contribution in [0.25, 0.3) is 11.2 Å². The van der Waals surface area contributed by atoms with E-state index >= 15 is 0 Å². The van der Waals surface area contributed by atoms with Gasteiger partial charge in [-0.15, -0.1) is 0 Å². The largest absolute Gasteiger partial charge is 0.394 e. The molecule has 0 aliphatic carbocycles. The molecule has 24 heavy (non-hydrogen) atoms. The lowest BCUT2D eigenvalue weighted by Crippen LogP contribution is -2.23. The number of imidazole rings is 1. The Morgan fingerprint density at radius 3 is 3.00 bits per heavy atom. The Kier molecular flexibility index (Phi) is 4.33. The summed E-state index contributed by atoms with van der Waals surface area (Å²) in [6.07, 6.45) is -1.71. The van der Waals surface area contributed by atoms with Crippen molar-refractivity contribution in [3.63, 3.8) is 0 Å². The van der Waals surface area contributed by atoms with E-state index in [2.05, 4.69) is 20.3 Å². The second kappa shape index (κ2) is 6.29. The number of aliphatic hydroxyl groups is 1. The molecule has 0 radical (unpaired) electrons. The molecule has 3 rings (SSSR count). The summed E-state index contributed by atoms with van der Waals surface area (Å²) in [5.74, 6) is -0.654. The predicted molar refractivity (Wildman–Crippen MR) is 82.1 cm³/mol. The Hall–Kier alpha value is -2.33. The number of carbonyl (C=O) groups is 1. The zero-order valence-corrected chi connectivity index (χ0v) is 13.2. The highest BCUT2D eigenvalue weighted by Gasteiger charge is 2.37. The fraction of sp³-hybridized carbons (Fsp3) is 0.571. The summed E-state index contributed by atoms with van der Waals surface area (Å²) in [5, 5.41) is 11.6. The molecule has 1 saturated heterocycles. The highest BCUT2D eigenvalue weighted by Crippen LogP contribution is 2.32. The minimum Gasteiger partial charge on any atom is -0.394 e. The maximum Gasteiger partial charge on any atom is 0.280 e. The van der Waals surface area contributed by atoms with Gasteiger partial charge in [-0.1, -0.05) is 13.8 Å². The smallest absolute Gasteiger partial charge is 0.280 e. The van der Waals surface area contributed by atoms with E-state index < -0.39 is 24.1 Å². The number of aromatic nitrogens is 4. The number of aliphatic hydroxyl groups excluding tert-OH is 1. The molecule has 1 unspecified atom stereocenters. The van der Waals surface area contributed by atoms with Crippen molar-refractivity contribution < 1.29 is 19.0 Å². The average molecular weight is 339 g/mol. The molecule has 0 bridgehead atoms. The van der Waals surface area contributed by atoms with Crippen LogP contribution in [0.4, 0.5) is 10.3 Å². The molecule has 1 amide bonds. The molecule has 3 heterocycles. The number of rotatable bonds is 4. The van der Waals surface area contributed by atoms with Gasteiger partial charge in [0.2, 0.25) is 11.9 Å². The zero-order chi connectivity index (χ0) is 17.4. The van der Waals surface area contributed by atoms with E-state index in [1.807, 2.05) is 0 Å². The molecule has 1 fully saturated rings. The summed E-state index contributed by atoms with van der Waals surface area (Å²) in [7, 11) is 0. The van der Waals surface area contributed by atoms with Gasteiger partial charge >= 0.3 is 0 Å². The van der Waals surface area contributed by atoms with E-state index in [0.29, 0.717) is 0 Å². The molecule has 0 spiro atoms. The summed E-state index contributed by atoms with van der Waals surface area (Å²) >= 11 is 0. The number of carbonyl (C=O) groups excluding carboxylic acids is 1. The van der Waals surface area contributed by atoms with Gasteiger partial charge in [-0.25, -0.2) is 9.37 Å². The number of H-pyrrole nitrogens is 1. The molecule has 3 N–H and O–H groups in total. The second-order valence-electron chi connectivity index (χ2n) is 5.97. The Labute approximate surface area is 135 Å². The summed E-state index contributed by atoms with van der Waals surface area (Å²) in [4.78, 5) is 34.4. The lowest BCUT2D eigenvalue weighted by molar-refractivity contribution is -0.118. The van der Waals surface area contributed by atoms with Crippen molar-refractivity contribution in [2.45, 2.75) is 38.8 Å². The standard InChI is InChI=1S/C14H18FN5O4/c1-6(2)11(22)18-14-17-10-9(12(23)19-14)16-5-20(10)13-8(15)3-7(4-21)24-13/h5-8,13,21H,3-4H2,1-2H3,(H2,17,18,19,22,23)/t7-,8-,13?/m0/s1. The van der Waals surface area contributed by atoms with Crippen LogP contribution in [-0.2, 0) is 9.53 Å². The van der Waals surface area contributed by atoms with Gasteiger partial charge in [-0.3, -0.25) is 24.5 Å². The van der Waals surface area contributed by atoms with E-state index in [1.165, 1.54) is 10.9 Å². The van der Waals surface area contributed by atoms with Gasteiger partial charge in [0.1, 0.15) is 6.17 Å². The topological polar surface area (TPSA) is 122 Å². The lowest BCUT2D eigenvalue weighted by atomic mass is 10.2. The lowest BCUT2D eigenvalue weighted by Gasteiger charge is -2.15. The highest BCUT2D eigenvalue weighted by molar-refractivity contribution is 5.91. The van der Waals surface area contributed by atoms with Crippen LogP contribution < -0.4 is 10.9 Å². The molecule has 9 nitrogen and oxygen atoms in total. The quantitative estimate of drug-likeness (QED) is 0.738. The number of hydrogen-bond donors (Lipinski definition) is 3. The Morgan fingerprint density at radius 2 is 2.38 bits per heavy atom.